The van der Waals surface area contributed by atoms with Gasteiger partial charge in [0.2, 0.25) is 5.82 Å². The van der Waals surface area contributed by atoms with Gasteiger partial charge in [-0.15, -0.1) is 10.2 Å². The molecule has 1 saturated heterocycles. The first-order chi connectivity index (χ1) is 17.6. The lowest BCUT2D eigenvalue weighted by atomic mass is 9.98. The number of aromatic nitrogens is 4. The van der Waals surface area contributed by atoms with E-state index in [1.54, 1.807) is 24.3 Å². The van der Waals surface area contributed by atoms with Crippen molar-refractivity contribution in [2.24, 2.45) is 4.99 Å². The summed E-state index contributed by atoms with van der Waals surface area (Å²) in [6, 6.07) is 24.8. The molecule has 2 N–H and O–H groups in total. The number of amides is 1. The summed E-state index contributed by atoms with van der Waals surface area (Å²) >= 11 is 1.53. The first kappa shape index (κ1) is 23.4. The minimum Gasteiger partial charge on any atom is -0.281 e. The van der Waals surface area contributed by atoms with E-state index < -0.39 is 0 Å². The van der Waals surface area contributed by atoms with E-state index in [0.29, 0.717) is 28.7 Å². The SMILES string of the molecule is CCC1NN(Cc2ccc(-c3ccccc3-c3nn[nH]n3)cc2)C(=NC(=O)c2cccc(C#N)c2)S1. The van der Waals surface area contributed by atoms with Crippen LogP contribution < -0.4 is 5.43 Å². The highest BCUT2D eigenvalue weighted by Gasteiger charge is 2.28. The standard InChI is InChI=1S/C26H22N8OS/c1-2-23-31-34(26(36-23)28-25(35)20-7-5-6-18(14-20)15-27)16-17-10-12-19(13-11-17)21-8-3-4-9-22(21)24-29-32-33-30-24/h3-14,23,31H,2,16H2,1H3,(H,29,30,32,33). The number of amidine groups is 1. The van der Waals surface area contributed by atoms with Crippen molar-refractivity contribution in [3.63, 3.8) is 0 Å². The molecule has 36 heavy (non-hydrogen) atoms. The van der Waals surface area contributed by atoms with Gasteiger partial charge in [-0.1, -0.05) is 73.3 Å². The summed E-state index contributed by atoms with van der Waals surface area (Å²) < 4.78 is 0. The van der Waals surface area contributed by atoms with Gasteiger partial charge in [-0.25, -0.2) is 5.43 Å². The van der Waals surface area contributed by atoms with Gasteiger partial charge >= 0.3 is 0 Å². The van der Waals surface area contributed by atoms with E-state index in [1.165, 1.54) is 11.8 Å². The summed E-state index contributed by atoms with van der Waals surface area (Å²) in [5.74, 6) is 0.177. The number of carbonyl (C=O) groups excluding carboxylic acids is 1. The molecule has 0 radical (unpaired) electrons. The number of hydrazine groups is 1. The van der Waals surface area contributed by atoms with Gasteiger partial charge in [-0.05, 0) is 46.5 Å². The second-order valence-electron chi connectivity index (χ2n) is 8.10. The lowest BCUT2D eigenvalue weighted by molar-refractivity contribution is 0.100. The fourth-order valence-corrected chi connectivity index (χ4v) is 4.85. The number of H-pyrrole nitrogens is 1. The van der Waals surface area contributed by atoms with Crippen LogP contribution in [-0.4, -0.2) is 42.1 Å². The van der Waals surface area contributed by atoms with Crippen LogP contribution in [0.15, 0.2) is 77.8 Å². The molecule has 1 aliphatic heterocycles. The van der Waals surface area contributed by atoms with Crippen molar-refractivity contribution < 1.29 is 4.79 Å². The second kappa shape index (κ2) is 10.5. The third-order valence-electron chi connectivity index (χ3n) is 5.70. The summed E-state index contributed by atoms with van der Waals surface area (Å²) in [4.78, 5) is 17.2. The van der Waals surface area contributed by atoms with Gasteiger partial charge in [0.1, 0.15) is 0 Å². The molecule has 1 fully saturated rings. The van der Waals surface area contributed by atoms with Crippen molar-refractivity contribution in [1.29, 1.82) is 5.26 Å². The van der Waals surface area contributed by atoms with Gasteiger partial charge in [0.15, 0.2) is 5.17 Å². The summed E-state index contributed by atoms with van der Waals surface area (Å²) in [6.07, 6.45) is 0.879. The normalized spacial score (nSPS) is 16.3. The molecule has 0 bridgehead atoms. The number of carbonyl (C=O) groups is 1. The first-order valence-corrected chi connectivity index (χ1v) is 12.3. The molecule has 9 nitrogen and oxygen atoms in total. The molecule has 1 atom stereocenters. The zero-order valence-corrected chi connectivity index (χ0v) is 20.2. The summed E-state index contributed by atoms with van der Waals surface area (Å²) in [5.41, 5.74) is 8.27. The number of aliphatic imine (C=N–C) groups is 1. The van der Waals surface area contributed by atoms with Gasteiger partial charge in [-0.2, -0.15) is 15.5 Å². The third-order valence-corrected chi connectivity index (χ3v) is 6.95. The molecular weight excluding hydrogens is 472 g/mol. The topological polar surface area (TPSA) is 123 Å². The van der Waals surface area contributed by atoms with Crippen molar-refractivity contribution in [2.75, 3.05) is 0 Å². The Kier molecular flexibility index (Phi) is 6.84. The molecule has 5 rings (SSSR count). The number of hydrogen-bond donors (Lipinski definition) is 2. The van der Waals surface area contributed by atoms with Crippen LogP contribution in [-0.2, 0) is 6.54 Å². The minimum atomic E-state index is -0.369. The molecule has 4 aromatic rings. The number of hydrogen-bond acceptors (Lipinski definition) is 7. The summed E-state index contributed by atoms with van der Waals surface area (Å²) in [5, 5.41) is 26.2. The smallest absolute Gasteiger partial charge is 0.279 e. The van der Waals surface area contributed by atoms with Crippen LogP contribution in [0.3, 0.4) is 0 Å². The fourth-order valence-electron chi connectivity index (χ4n) is 3.87. The Labute approximate surface area is 212 Å². The Morgan fingerprint density at radius 2 is 1.92 bits per heavy atom. The molecule has 1 aliphatic rings. The van der Waals surface area contributed by atoms with E-state index in [4.69, 9.17) is 5.26 Å². The first-order valence-electron chi connectivity index (χ1n) is 11.4. The number of nitriles is 1. The van der Waals surface area contributed by atoms with Gasteiger partial charge in [0.05, 0.1) is 23.6 Å². The van der Waals surface area contributed by atoms with E-state index in [0.717, 1.165) is 28.7 Å². The lowest BCUT2D eigenvalue weighted by Crippen LogP contribution is -2.37. The van der Waals surface area contributed by atoms with Crippen molar-refractivity contribution >= 4 is 22.8 Å². The fraction of sp³-hybridized carbons (Fsp3) is 0.154. The molecule has 0 spiro atoms. The minimum absolute atomic E-state index is 0.128. The Morgan fingerprint density at radius 1 is 1.11 bits per heavy atom. The van der Waals surface area contributed by atoms with Crippen LogP contribution >= 0.6 is 11.8 Å². The van der Waals surface area contributed by atoms with E-state index in [-0.39, 0.29) is 11.3 Å². The maximum absolute atomic E-state index is 12.8. The Hall–Kier alpha value is -4.33. The highest BCUT2D eigenvalue weighted by molar-refractivity contribution is 8.14. The zero-order valence-electron chi connectivity index (χ0n) is 19.4. The molecule has 1 amide bonds. The lowest BCUT2D eigenvalue weighted by Gasteiger charge is -2.19. The maximum atomic E-state index is 12.8. The molecule has 0 aliphatic carbocycles. The molecule has 0 saturated carbocycles. The number of nitrogens with zero attached hydrogens (tertiary/aromatic N) is 6. The molecule has 2 heterocycles. The Morgan fingerprint density at radius 3 is 2.64 bits per heavy atom. The third kappa shape index (κ3) is 5.02. The number of aromatic amines is 1. The quantitative estimate of drug-likeness (QED) is 0.405. The molecule has 1 aromatic heterocycles. The molecule has 10 heteroatoms. The number of benzene rings is 3. The van der Waals surface area contributed by atoms with Crippen molar-refractivity contribution in [2.45, 2.75) is 25.3 Å². The number of thioether (sulfide) groups is 1. The number of nitrogens with one attached hydrogen (secondary N) is 2. The summed E-state index contributed by atoms with van der Waals surface area (Å²) in [7, 11) is 0. The molecule has 1 unspecified atom stereocenters. The Balaban J connectivity index is 1.36. The number of rotatable bonds is 6. The van der Waals surface area contributed by atoms with E-state index in [1.807, 2.05) is 29.3 Å². The van der Waals surface area contributed by atoms with E-state index >= 15 is 0 Å². The van der Waals surface area contributed by atoms with Crippen molar-refractivity contribution in [3.05, 3.63) is 89.5 Å². The highest BCUT2D eigenvalue weighted by Crippen LogP contribution is 2.31. The largest absolute Gasteiger partial charge is 0.281 e. The summed E-state index contributed by atoms with van der Waals surface area (Å²) in [6.45, 7) is 2.63. The van der Waals surface area contributed by atoms with Gasteiger partial charge in [0.25, 0.3) is 5.91 Å². The van der Waals surface area contributed by atoms with Crippen LogP contribution in [0.1, 0.15) is 34.8 Å². The molecular formula is C26H22N8OS. The van der Waals surface area contributed by atoms with Crippen LogP contribution in [0.2, 0.25) is 0 Å². The van der Waals surface area contributed by atoms with E-state index in [9.17, 15) is 4.79 Å². The second-order valence-corrected chi connectivity index (χ2v) is 9.27. The number of tetrazole rings is 1. The van der Waals surface area contributed by atoms with E-state index in [2.05, 4.69) is 68.3 Å². The predicted molar refractivity (Wildman–Crippen MR) is 138 cm³/mol. The monoisotopic (exact) mass is 494 g/mol. The van der Waals surface area contributed by atoms with Gasteiger partial charge in [0, 0.05) is 11.1 Å². The maximum Gasteiger partial charge on any atom is 0.279 e. The van der Waals surface area contributed by atoms with Crippen LogP contribution in [0.5, 0.6) is 0 Å². The van der Waals surface area contributed by atoms with Gasteiger partial charge in [-0.3, -0.25) is 9.80 Å². The van der Waals surface area contributed by atoms with Gasteiger partial charge < -0.3 is 0 Å². The van der Waals surface area contributed by atoms with Crippen LogP contribution in [0.4, 0.5) is 0 Å². The Bertz CT molecular complexity index is 1440. The van der Waals surface area contributed by atoms with Crippen molar-refractivity contribution in [1.82, 2.24) is 31.1 Å². The highest BCUT2D eigenvalue weighted by atomic mass is 32.2. The van der Waals surface area contributed by atoms with Crippen LogP contribution in [0.25, 0.3) is 22.5 Å². The molecule has 3 aromatic carbocycles. The molecule has 178 valence electrons. The average molecular weight is 495 g/mol. The zero-order chi connectivity index (χ0) is 24.9. The predicted octanol–water partition coefficient (Wildman–Crippen LogP) is 4.39. The van der Waals surface area contributed by atoms with Crippen molar-refractivity contribution in [3.8, 4) is 28.6 Å². The average Bonchev–Trinajstić information content (AvgIpc) is 3.60. The van der Waals surface area contributed by atoms with Crippen LogP contribution in [0, 0.1) is 11.3 Å².